The molecule has 1 aromatic heterocycles. The van der Waals surface area contributed by atoms with Gasteiger partial charge in [-0.15, -0.1) is 0 Å². The topological polar surface area (TPSA) is 48.5 Å². The molecule has 1 atom stereocenters. The maximum Gasteiger partial charge on any atom is 0.419 e. The van der Waals surface area contributed by atoms with E-state index in [0.717, 1.165) is 11.8 Å². The lowest BCUT2D eigenvalue weighted by Gasteiger charge is -2.40. The van der Waals surface area contributed by atoms with Crippen LogP contribution in [0, 0.1) is 0 Å². The molecule has 32 heavy (non-hydrogen) atoms. The summed E-state index contributed by atoms with van der Waals surface area (Å²) in [6, 6.07) is 9.90. The number of nitrogens with one attached hydrogen (secondary N) is 1. The molecule has 2 aliphatic rings. The number of nitrogens with zero attached hydrogens (tertiary/aromatic N) is 3. The van der Waals surface area contributed by atoms with Crippen LogP contribution in [-0.2, 0) is 6.18 Å². The van der Waals surface area contributed by atoms with Crippen LogP contribution in [0.5, 0.6) is 0 Å². The van der Waals surface area contributed by atoms with E-state index in [1.807, 2.05) is 19.1 Å². The summed E-state index contributed by atoms with van der Waals surface area (Å²) in [7, 11) is 0. The molecule has 1 N–H and O–H groups in total. The van der Waals surface area contributed by atoms with Crippen molar-refractivity contribution in [2.45, 2.75) is 57.2 Å². The summed E-state index contributed by atoms with van der Waals surface area (Å²) >= 11 is 0. The smallest absolute Gasteiger partial charge is 0.352 e. The average molecular weight is 447 g/mol. The van der Waals surface area contributed by atoms with Gasteiger partial charge in [0.25, 0.3) is 0 Å². The van der Waals surface area contributed by atoms with Gasteiger partial charge in [0.05, 0.1) is 5.56 Å². The molecule has 4 rings (SSSR count). The third-order valence-corrected chi connectivity index (χ3v) is 6.52. The quantitative estimate of drug-likeness (QED) is 0.640. The molecular formula is C24H29F3N4O. The number of halogens is 3. The first-order chi connectivity index (χ1) is 15.3. The Morgan fingerprint density at radius 3 is 2.44 bits per heavy atom. The Kier molecular flexibility index (Phi) is 6.58. The van der Waals surface area contributed by atoms with E-state index in [0.29, 0.717) is 19.0 Å². The SMILES string of the molecule is CC1CN(c2ncccc2C(F)(F)F)CCN1C(=O)Nc1ccc(C2CCCCC2)cc1. The Morgan fingerprint density at radius 1 is 1.06 bits per heavy atom. The molecule has 5 nitrogen and oxygen atoms in total. The number of amides is 2. The number of pyridine rings is 1. The highest BCUT2D eigenvalue weighted by molar-refractivity contribution is 5.89. The molecule has 172 valence electrons. The molecule has 1 saturated carbocycles. The van der Waals surface area contributed by atoms with Gasteiger partial charge < -0.3 is 15.1 Å². The molecule has 1 unspecified atom stereocenters. The van der Waals surface area contributed by atoms with Gasteiger partial charge in [-0.05, 0) is 55.5 Å². The molecular weight excluding hydrogens is 417 g/mol. The molecule has 8 heteroatoms. The molecule has 2 fully saturated rings. The molecule has 1 aliphatic heterocycles. The highest BCUT2D eigenvalue weighted by Gasteiger charge is 2.37. The van der Waals surface area contributed by atoms with Gasteiger partial charge in [0.2, 0.25) is 0 Å². The van der Waals surface area contributed by atoms with Crippen LogP contribution in [0.1, 0.15) is 56.1 Å². The van der Waals surface area contributed by atoms with Crippen molar-refractivity contribution in [2.24, 2.45) is 0 Å². The maximum absolute atomic E-state index is 13.4. The predicted octanol–water partition coefficient (Wildman–Crippen LogP) is 5.89. The fraction of sp³-hybridized carbons (Fsp3) is 0.500. The van der Waals surface area contributed by atoms with Crippen LogP contribution in [-0.4, -0.2) is 41.6 Å². The second-order valence-electron chi connectivity index (χ2n) is 8.75. The van der Waals surface area contributed by atoms with Gasteiger partial charge in [0.1, 0.15) is 5.82 Å². The third kappa shape index (κ3) is 5.00. The van der Waals surface area contributed by atoms with Crippen molar-refractivity contribution in [3.05, 3.63) is 53.7 Å². The average Bonchev–Trinajstić information content (AvgIpc) is 2.79. The van der Waals surface area contributed by atoms with E-state index in [-0.39, 0.29) is 24.4 Å². The highest BCUT2D eigenvalue weighted by Crippen LogP contribution is 2.36. The van der Waals surface area contributed by atoms with E-state index in [1.54, 1.807) is 9.80 Å². The van der Waals surface area contributed by atoms with Crippen molar-refractivity contribution in [3.8, 4) is 0 Å². The lowest BCUT2D eigenvalue weighted by molar-refractivity contribution is -0.137. The zero-order valence-electron chi connectivity index (χ0n) is 18.2. The van der Waals surface area contributed by atoms with Crippen molar-refractivity contribution >= 4 is 17.5 Å². The summed E-state index contributed by atoms with van der Waals surface area (Å²) in [4.78, 5) is 20.1. The Bertz CT molecular complexity index is 926. The molecule has 0 spiro atoms. The number of anilines is 2. The maximum atomic E-state index is 13.4. The Balaban J connectivity index is 1.37. The Labute approximate surface area is 186 Å². The van der Waals surface area contributed by atoms with Crippen molar-refractivity contribution in [2.75, 3.05) is 29.9 Å². The summed E-state index contributed by atoms with van der Waals surface area (Å²) in [5.74, 6) is 0.528. The van der Waals surface area contributed by atoms with E-state index in [2.05, 4.69) is 22.4 Å². The second kappa shape index (κ2) is 9.38. The number of hydrogen-bond donors (Lipinski definition) is 1. The lowest BCUT2D eigenvalue weighted by Crippen LogP contribution is -2.55. The zero-order valence-corrected chi connectivity index (χ0v) is 18.2. The number of carbonyl (C=O) groups excluding carboxylic acids is 1. The molecule has 2 aromatic rings. The van der Waals surface area contributed by atoms with E-state index in [4.69, 9.17) is 0 Å². The fourth-order valence-corrected chi connectivity index (χ4v) is 4.79. The van der Waals surface area contributed by atoms with Crippen LogP contribution in [0.3, 0.4) is 0 Å². The zero-order chi connectivity index (χ0) is 22.7. The van der Waals surface area contributed by atoms with E-state index in [1.165, 1.54) is 49.9 Å². The molecule has 0 bridgehead atoms. The van der Waals surface area contributed by atoms with Gasteiger partial charge >= 0.3 is 12.2 Å². The van der Waals surface area contributed by atoms with Crippen molar-refractivity contribution in [1.82, 2.24) is 9.88 Å². The summed E-state index contributed by atoms with van der Waals surface area (Å²) in [6.07, 6.45) is 3.20. The standard InChI is InChI=1S/C24H29F3N4O/c1-17-16-30(22-21(24(25,26)27)8-5-13-28-22)14-15-31(17)23(32)29-20-11-9-19(10-12-20)18-6-3-2-4-7-18/h5,8-13,17-18H,2-4,6-7,14-16H2,1H3,(H,29,32). The van der Waals surface area contributed by atoms with Crippen LogP contribution >= 0.6 is 0 Å². The second-order valence-corrected chi connectivity index (χ2v) is 8.75. The largest absolute Gasteiger partial charge is 0.419 e. The van der Waals surface area contributed by atoms with E-state index >= 15 is 0 Å². The van der Waals surface area contributed by atoms with E-state index < -0.39 is 11.7 Å². The fourth-order valence-electron chi connectivity index (χ4n) is 4.79. The summed E-state index contributed by atoms with van der Waals surface area (Å²) in [5, 5.41) is 2.94. The summed E-state index contributed by atoms with van der Waals surface area (Å²) in [6.45, 7) is 2.74. The summed E-state index contributed by atoms with van der Waals surface area (Å²) < 4.78 is 40.1. The van der Waals surface area contributed by atoms with Gasteiger partial charge in [-0.25, -0.2) is 9.78 Å². The minimum absolute atomic E-state index is 0.0785. The number of aromatic nitrogens is 1. The number of carbonyl (C=O) groups is 1. The summed E-state index contributed by atoms with van der Waals surface area (Å²) in [5.41, 5.74) is 1.30. The third-order valence-electron chi connectivity index (χ3n) is 6.52. The number of urea groups is 1. The van der Waals surface area contributed by atoms with Gasteiger partial charge in [0.15, 0.2) is 0 Å². The molecule has 1 aromatic carbocycles. The molecule has 1 saturated heterocycles. The van der Waals surface area contributed by atoms with Crippen LogP contribution in [0.4, 0.5) is 29.5 Å². The lowest BCUT2D eigenvalue weighted by atomic mass is 9.84. The van der Waals surface area contributed by atoms with Crippen molar-refractivity contribution in [1.29, 1.82) is 0 Å². The molecule has 2 heterocycles. The van der Waals surface area contributed by atoms with Crippen molar-refractivity contribution in [3.63, 3.8) is 0 Å². The van der Waals surface area contributed by atoms with E-state index in [9.17, 15) is 18.0 Å². The van der Waals surface area contributed by atoms with Gasteiger partial charge in [-0.2, -0.15) is 13.2 Å². The number of rotatable bonds is 3. The number of alkyl halides is 3. The molecule has 1 aliphatic carbocycles. The van der Waals surface area contributed by atoms with Crippen molar-refractivity contribution < 1.29 is 18.0 Å². The minimum Gasteiger partial charge on any atom is -0.352 e. The Morgan fingerprint density at radius 2 is 1.78 bits per heavy atom. The van der Waals surface area contributed by atoms with Crippen LogP contribution in [0.2, 0.25) is 0 Å². The molecule has 0 radical (unpaired) electrons. The first-order valence-corrected chi connectivity index (χ1v) is 11.3. The number of piperazine rings is 1. The number of hydrogen-bond acceptors (Lipinski definition) is 3. The number of benzene rings is 1. The van der Waals surface area contributed by atoms with Crippen LogP contribution < -0.4 is 10.2 Å². The molecule has 2 amide bonds. The van der Waals surface area contributed by atoms with Gasteiger partial charge in [0, 0.05) is 37.6 Å². The van der Waals surface area contributed by atoms with Gasteiger partial charge in [-0.1, -0.05) is 31.4 Å². The predicted molar refractivity (Wildman–Crippen MR) is 119 cm³/mol. The first-order valence-electron chi connectivity index (χ1n) is 11.3. The van der Waals surface area contributed by atoms with Crippen LogP contribution in [0.25, 0.3) is 0 Å². The normalized spacial score (nSPS) is 20.3. The Hall–Kier alpha value is -2.77. The highest BCUT2D eigenvalue weighted by atomic mass is 19.4. The van der Waals surface area contributed by atoms with Gasteiger partial charge in [-0.3, -0.25) is 0 Å². The minimum atomic E-state index is -4.47. The van der Waals surface area contributed by atoms with Crippen LogP contribution in [0.15, 0.2) is 42.6 Å². The monoisotopic (exact) mass is 446 g/mol. The first kappa shape index (κ1) is 22.4.